The number of nitrogens with one attached hydrogen (secondary N) is 2. The molecule has 0 aliphatic carbocycles. The van der Waals surface area contributed by atoms with Crippen molar-refractivity contribution in [3.05, 3.63) is 30.1 Å². The quantitative estimate of drug-likeness (QED) is 0.640. The normalized spacial score (nSPS) is 23.0. The van der Waals surface area contributed by atoms with Crippen LogP contribution in [-0.2, 0) is 6.42 Å². The van der Waals surface area contributed by atoms with Gasteiger partial charge in [-0.1, -0.05) is 13.0 Å². The van der Waals surface area contributed by atoms with E-state index in [1.54, 1.807) is 0 Å². The molecule has 2 N–H and O–H groups in total. The van der Waals surface area contributed by atoms with Gasteiger partial charge in [-0.25, -0.2) is 0 Å². The molecule has 1 aliphatic rings. The largest absolute Gasteiger partial charge is 0.356 e. The van der Waals surface area contributed by atoms with E-state index in [1.807, 2.05) is 25.4 Å². The zero-order chi connectivity index (χ0) is 15.9. The molecule has 2 heterocycles. The lowest BCUT2D eigenvalue weighted by Crippen LogP contribution is -2.47. The average molecular weight is 303 g/mol. The van der Waals surface area contributed by atoms with Crippen LogP contribution in [0.5, 0.6) is 0 Å². The molecule has 5 heteroatoms. The van der Waals surface area contributed by atoms with Gasteiger partial charge in [-0.05, 0) is 31.9 Å². The Hall–Kier alpha value is -1.62. The number of nitrogens with zero attached hydrogens (tertiary/aromatic N) is 3. The van der Waals surface area contributed by atoms with Crippen molar-refractivity contribution < 1.29 is 0 Å². The monoisotopic (exact) mass is 303 g/mol. The van der Waals surface area contributed by atoms with Gasteiger partial charge in [0.05, 0.1) is 0 Å². The molecule has 22 heavy (non-hydrogen) atoms. The maximum atomic E-state index is 4.34. The molecule has 1 fully saturated rings. The van der Waals surface area contributed by atoms with Crippen LogP contribution in [0, 0.1) is 5.92 Å². The molecule has 0 aromatic carbocycles. The van der Waals surface area contributed by atoms with Crippen LogP contribution >= 0.6 is 0 Å². The molecule has 1 aromatic rings. The highest BCUT2D eigenvalue weighted by molar-refractivity contribution is 5.80. The third-order valence-corrected chi connectivity index (χ3v) is 4.32. The van der Waals surface area contributed by atoms with E-state index in [0.717, 1.165) is 37.7 Å². The fourth-order valence-corrected chi connectivity index (χ4v) is 2.84. The highest BCUT2D eigenvalue weighted by atomic mass is 15.3. The molecule has 1 aromatic heterocycles. The fourth-order valence-electron chi connectivity index (χ4n) is 2.84. The average Bonchev–Trinajstić information content (AvgIpc) is 2.88. The van der Waals surface area contributed by atoms with Crippen molar-refractivity contribution in [2.24, 2.45) is 10.9 Å². The molecule has 0 amide bonds. The summed E-state index contributed by atoms with van der Waals surface area (Å²) in [6.45, 7) is 9.90. The van der Waals surface area contributed by atoms with E-state index in [2.05, 4.69) is 52.3 Å². The second kappa shape index (κ2) is 8.13. The molecule has 0 bridgehead atoms. The van der Waals surface area contributed by atoms with E-state index in [1.165, 1.54) is 0 Å². The molecule has 2 unspecified atom stereocenters. The number of pyridine rings is 1. The molecular formula is C17H29N5. The van der Waals surface area contributed by atoms with Gasteiger partial charge in [0, 0.05) is 57.1 Å². The van der Waals surface area contributed by atoms with Gasteiger partial charge >= 0.3 is 0 Å². The van der Waals surface area contributed by atoms with Gasteiger partial charge in [-0.15, -0.1) is 0 Å². The summed E-state index contributed by atoms with van der Waals surface area (Å²) in [5.41, 5.74) is 1.10. The van der Waals surface area contributed by atoms with Crippen molar-refractivity contribution in [3.8, 4) is 0 Å². The van der Waals surface area contributed by atoms with Crippen LogP contribution in [0.2, 0.25) is 0 Å². The molecule has 5 nitrogen and oxygen atoms in total. The van der Waals surface area contributed by atoms with E-state index >= 15 is 0 Å². The predicted octanol–water partition coefficient (Wildman–Crippen LogP) is 1.52. The first-order chi connectivity index (χ1) is 10.6. The Balaban J connectivity index is 1.78. The smallest absolute Gasteiger partial charge is 0.191 e. The van der Waals surface area contributed by atoms with Gasteiger partial charge in [0.15, 0.2) is 5.96 Å². The highest BCUT2D eigenvalue weighted by Gasteiger charge is 2.31. The number of rotatable bonds is 5. The van der Waals surface area contributed by atoms with Crippen molar-refractivity contribution >= 4 is 5.96 Å². The number of likely N-dealkylation sites (tertiary alicyclic amines) is 1. The standard InChI is InChI=1S/C17H29N5/c1-13(2)22-11-14(3)16(12-22)21-17(18-4)20-10-8-15-7-5-6-9-19-15/h5-7,9,13-14,16H,8,10-12H2,1-4H3,(H2,18,20,21). The first-order valence-electron chi connectivity index (χ1n) is 8.21. The van der Waals surface area contributed by atoms with E-state index in [0.29, 0.717) is 18.0 Å². The summed E-state index contributed by atoms with van der Waals surface area (Å²) < 4.78 is 0. The van der Waals surface area contributed by atoms with Crippen molar-refractivity contribution in [1.29, 1.82) is 0 Å². The Morgan fingerprint density at radius 1 is 1.41 bits per heavy atom. The van der Waals surface area contributed by atoms with Crippen molar-refractivity contribution in [2.75, 3.05) is 26.7 Å². The summed E-state index contributed by atoms with van der Waals surface area (Å²) >= 11 is 0. The third-order valence-electron chi connectivity index (χ3n) is 4.32. The lowest BCUT2D eigenvalue weighted by Gasteiger charge is -2.21. The molecule has 2 atom stereocenters. The number of hydrogen-bond acceptors (Lipinski definition) is 3. The zero-order valence-corrected chi connectivity index (χ0v) is 14.2. The molecule has 0 radical (unpaired) electrons. The molecule has 1 aliphatic heterocycles. The van der Waals surface area contributed by atoms with Crippen LogP contribution in [0.3, 0.4) is 0 Å². The minimum atomic E-state index is 0.462. The molecule has 0 spiro atoms. The fraction of sp³-hybridized carbons (Fsp3) is 0.647. The molecular weight excluding hydrogens is 274 g/mol. The first kappa shape index (κ1) is 16.7. The Kier molecular flexibility index (Phi) is 6.19. The van der Waals surface area contributed by atoms with Crippen molar-refractivity contribution in [1.82, 2.24) is 20.5 Å². The van der Waals surface area contributed by atoms with Crippen LogP contribution in [0.25, 0.3) is 0 Å². The summed E-state index contributed by atoms with van der Waals surface area (Å²) in [4.78, 5) is 11.2. The Morgan fingerprint density at radius 3 is 2.82 bits per heavy atom. The Bertz CT molecular complexity index is 471. The molecule has 0 saturated carbocycles. The summed E-state index contributed by atoms with van der Waals surface area (Å²) in [6, 6.07) is 7.09. The maximum absolute atomic E-state index is 4.34. The molecule has 122 valence electrons. The minimum absolute atomic E-state index is 0.462. The number of aromatic nitrogens is 1. The number of aliphatic imine (C=N–C) groups is 1. The van der Waals surface area contributed by atoms with Crippen LogP contribution < -0.4 is 10.6 Å². The van der Waals surface area contributed by atoms with Gasteiger partial charge < -0.3 is 10.6 Å². The Labute approximate surface area is 134 Å². The lowest BCUT2D eigenvalue weighted by molar-refractivity contribution is 0.265. The van der Waals surface area contributed by atoms with Gasteiger partial charge in [0.25, 0.3) is 0 Å². The van der Waals surface area contributed by atoms with E-state index in [4.69, 9.17) is 0 Å². The van der Waals surface area contributed by atoms with Crippen LogP contribution in [0.1, 0.15) is 26.5 Å². The summed E-state index contributed by atoms with van der Waals surface area (Å²) in [6.07, 6.45) is 2.74. The van der Waals surface area contributed by atoms with Gasteiger partial charge in [-0.3, -0.25) is 14.9 Å². The topological polar surface area (TPSA) is 52.6 Å². The lowest BCUT2D eigenvalue weighted by atomic mass is 10.1. The van der Waals surface area contributed by atoms with Crippen molar-refractivity contribution in [2.45, 2.75) is 39.3 Å². The number of guanidine groups is 1. The van der Waals surface area contributed by atoms with Crippen LogP contribution in [0.15, 0.2) is 29.4 Å². The van der Waals surface area contributed by atoms with Gasteiger partial charge in [0.1, 0.15) is 0 Å². The maximum Gasteiger partial charge on any atom is 0.191 e. The van der Waals surface area contributed by atoms with Gasteiger partial charge in [0.2, 0.25) is 0 Å². The van der Waals surface area contributed by atoms with Crippen molar-refractivity contribution in [3.63, 3.8) is 0 Å². The molecule has 2 rings (SSSR count). The summed E-state index contributed by atoms with van der Waals surface area (Å²) in [5.74, 6) is 1.52. The Morgan fingerprint density at radius 2 is 2.23 bits per heavy atom. The van der Waals surface area contributed by atoms with E-state index in [-0.39, 0.29) is 0 Å². The highest BCUT2D eigenvalue weighted by Crippen LogP contribution is 2.18. The summed E-state index contributed by atoms with van der Waals surface area (Å²) in [5, 5.41) is 6.95. The minimum Gasteiger partial charge on any atom is -0.356 e. The van der Waals surface area contributed by atoms with E-state index < -0.39 is 0 Å². The van der Waals surface area contributed by atoms with Gasteiger partial charge in [-0.2, -0.15) is 0 Å². The van der Waals surface area contributed by atoms with E-state index in [9.17, 15) is 0 Å². The molecule has 1 saturated heterocycles. The zero-order valence-electron chi connectivity index (χ0n) is 14.2. The third kappa shape index (κ3) is 4.70. The SMILES string of the molecule is CN=C(NCCc1ccccn1)NC1CN(C(C)C)CC1C. The first-order valence-corrected chi connectivity index (χ1v) is 8.21. The van der Waals surface area contributed by atoms with Crippen LogP contribution in [0.4, 0.5) is 0 Å². The number of hydrogen-bond donors (Lipinski definition) is 2. The van der Waals surface area contributed by atoms with Crippen LogP contribution in [-0.4, -0.2) is 54.6 Å². The predicted molar refractivity (Wildman–Crippen MR) is 92.1 cm³/mol. The second-order valence-electron chi connectivity index (χ2n) is 6.35. The summed E-state index contributed by atoms with van der Waals surface area (Å²) in [7, 11) is 1.83. The second-order valence-corrected chi connectivity index (χ2v) is 6.35.